The molecular formula is C8H16N4. The van der Waals surface area contributed by atoms with Crippen LogP contribution in [0.3, 0.4) is 0 Å². The first-order chi connectivity index (χ1) is 5.61. The molecule has 0 fully saturated rings. The molecule has 0 aliphatic heterocycles. The van der Waals surface area contributed by atoms with Crippen molar-refractivity contribution in [1.29, 1.82) is 0 Å². The van der Waals surface area contributed by atoms with Gasteiger partial charge in [0.15, 0.2) is 0 Å². The smallest absolute Gasteiger partial charge is 0.149 e. The first kappa shape index (κ1) is 9.19. The first-order valence-corrected chi connectivity index (χ1v) is 4.24. The van der Waals surface area contributed by atoms with Crippen molar-refractivity contribution < 1.29 is 0 Å². The van der Waals surface area contributed by atoms with Crippen LogP contribution in [0.4, 0.5) is 0 Å². The van der Waals surface area contributed by atoms with Crippen molar-refractivity contribution in [3.63, 3.8) is 0 Å². The number of aromatic nitrogens is 3. The molecule has 4 nitrogen and oxygen atoms in total. The Labute approximate surface area is 72.8 Å². The Bertz CT molecular complexity index is 239. The molecule has 1 rings (SSSR count). The fraction of sp³-hybridized carbons (Fsp3) is 0.750. The molecule has 0 amide bonds. The quantitative estimate of drug-likeness (QED) is 0.731. The lowest BCUT2D eigenvalue weighted by Gasteiger charge is -2.10. The minimum atomic E-state index is -0.0359. The maximum Gasteiger partial charge on any atom is 0.149 e. The Morgan fingerprint density at radius 2 is 2.17 bits per heavy atom. The predicted molar refractivity (Wildman–Crippen MR) is 47.5 cm³/mol. The number of hydrogen-bond donors (Lipinski definition) is 1. The molecule has 1 aromatic rings. The third kappa shape index (κ3) is 2.04. The Kier molecular flexibility index (Phi) is 2.81. The van der Waals surface area contributed by atoms with Crippen LogP contribution in [-0.4, -0.2) is 14.8 Å². The fourth-order valence-electron chi connectivity index (χ4n) is 1.15. The van der Waals surface area contributed by atoms with Gasteiger partial charge in [-0.25, -0.2) is 0 Å². The average Bonchev–Trinajstić information content (AvgIpc) is 2.33. The molecule has 0 saturated carbocycles. The third-order valence-corrected chi connectivity index (χ3v) is 1.61. The van der Waals surface area contributed by atoms with Crippen LogP contribution in [0.25, 0.3) is 0 Å². The van der Waals surface area contributed by atoms with Crippen LogP contribution in [0.15, 0.2) is 6.33 Å². The van der Waals surface area contributed by atoms with E-state index >= 15 is 0 Å². The minimum absolute atomic E-state index is 0.0359. The van der Waals surface area contributed by atoms with Gasteiger partial charge in [0.25, 0.3) is 0 Å². The third-order valence-electron chi connectivity index (χ3n) is 1.61. The molecule has 0 radical (unpaired) electrons. The fourth-order valence-corrected chi connectivity index (χ4v) is 1.15. The van der Waals surface area contributed by atoms with Gasteiger partial charge in [0.2, 0.25) is 0 Å². The minimum Gasteiger partial charge on any atom is -0.322 e. The largest absolute Gasteiger partial charge is 0.322 e. The number of nitrogens with two attached hydrogens (primary N) is 1. The molecule has 2 N–H and O–H groups in total. The molecule has 0 aliphatic rings. The standard InChI is InChI=1S/C8H16N4/c1-6(2)4-12-5-10-11-8(12)7(3)9/h5-7H,4,9H2,1-3H3/t7-/m1/s1. The molecular weight excluding hydrogens is 152 g/mol. The molecule has 0 bridgehead atoms. The van der Waals surface area contributed by atoms with E-state index in [1.54, 1.807) is 6.33 Å². The zero-order valence-electron chi connectivity index (χ0n) is 7.86. The summed E-state index contributed by atoms with van der Waals surface area (Å²) in [6, 6.07) is -0.0359. The van der Waals surface area contributed by atoms with Gasteiger partial charge in [0, 0.05) is 6.54 Å². The maximum absolute atomic E-state index is 5.71. The van der Waals surface area contributed by atoms with Gasteiger partial charge >= 0.3 is 0 Å². The van der Waals surface area contributed by atoms with Gasteiger partial charge in [-0.05, 0) is 12.8 Å². The van der Waals surface area contributed by atoms with E-state index in [4.69, 9.17) is 5.73 Å². The van der Waals surface area contributed by atoms with Crippen molar-refractivity contribution in [3.05, 3.63) is 12.2 Å². The molecule has 12 heavy (non-hydrogen) atoms. The summed E-state index contributed by atoms with van der Waals surface area (Å²) in [7, 11) is 0. The predicted octanol–water partition coefficient (Wildman–Crippen LogP) is 0.954. The average molecular weight is 168 g/mol. The summed E-state index contributed by atoms with van der Waals surface area (Å²) in [5, 5.41) is 7.79. The Balaban J connectivity index is 2.77. The van der Waals surface area contributed by atoms with Gasteiger partial charge in [-0.15, -0.1) is 10.2 Å². The highest BCUT2D eigenvalue weighted by atomic mass is 15.3. The van der Waals surface area contributed by atoms with E-state index in [1.807, 2.05) is 11.5 Å². The second-order valence-electron chi connectivity index (χ2n) is 3.52. The SMILES string of the molecule is CC(C)Cn1cnnc1[C@@H](C)N. The molecule has 0 spiro atoms. The van der Waals surface area contributed by atoms with Gasteiger partial charge in [0.05, 0.1) is 6.04 Å². The lowest BCUT2D eigenvalue weighted by Crippen LogP contribution is -2.15. The van der Waals surface area contributed by atoms with Crippen molar-refractivity contribution in [2.45, 2.75) is 33.4 Å². The van der Waals surface area contributed by atoms with Crippen molar-refractivity contribution in [1.82, 2.24) is 14.8 Å². The van der Waals surface area contributed by atoms with E-state index in [-0.39, 0.29) is 6.04 Å². The highest BCUT2D eigenvalue weighted by Gasteiger charge is 2.08. The summed E-state index contributed by atoms with van der Waals surface area (Å²) in [5.74, 6) is 1.46. The molecule has 1 atom stereocenters. The van der Waals surface area contributed by atoms with E-state index in [1.165, 1.54) is 0 Å². The summed E-state index contributed by atoms with van der Waals surface area (Å²) in [6.45, 7) is 7.17. The van der Waals surface area contributed by atoms with Crippen LogP contribution in [-0.2, 0) is 6.54 Å². The van der Waals surface area contributed by atoms with E-state index in [0.717, 1.165) is 12.4 Å². The molecule has 0 saturated heterocycles. The van der Waals surface area contributed by atoms with Gasteiger partial charge in [-0.1, -0.05) is 13.8 Å². The zero-order chi connectivity index (χ0) is 9.14. The second kappa shape index (κ2) is 3.67. The van der Waals surface area contributed by atoms with Crippen LogP contribution in [0.5, 0.6) is 0 Å². The topological polar surface area (TPSA) is 56.7 Å². The lowest BCUT2D eigenvalue weighted by atomic mass is 10.2. The zero-order valence-corrected chi connectivity index (χ0v) is 7.86. The monoisotopic (exact) mass is 168 g/mol. The van der Waals surface area contributed by atoms with Crippen molar-refractivity contribution in [2.75, 3.05) is 0 Å². The Morgan fingerprint density at radius 1 is 1.50 bits per heavy atom. The van der Waals surface area contributed by atoms with Gasteiger partial charge in [-0.3, -0.25) is 0 Å². The van der Waals surface area contributed by atoms with Crippen LogP contribution >= 0.6 is 0 Å². The molecule has 68 valence electrons. The number of rotatable bonds is 3. The highest BCUT2D eigenvalue weighted by Crippen LogP contribution is 2.07. The Hall–Kier alpha value is -0.900. The Morgan fingerprint density at radius 3 is 2.67 bits per heavy atom. The van der Waals surface area contributed by atoms with E-state index in [9.17, 15) is 0 Å². The molecule has 4 heteroatoms. The van der Waals surface area contributed by atoms with Crippen LogP contribution in [0, 0.1) is 5.92 Å². The van der Waals surface area contributed by atoms with Crippen molar-refractivity contribution >= 4 is 0 Å². The molecule has 1 heterocycles. The van der Waals surface area contributed by atoms with Crippen molar-refractivity contribution in [3.8, 4) is 0 Å². The van der Waals surface area contributed by atoms with Crippen LogP contribution < -0.4 is 5.73 Å². The molecule has 0 unspecified atom stereocenters. The lowest BCUT2D eigenvalue weighted by molar-refractivity contribution is 0.495. The van der Waals surface area contributed by atoms with Crippen LogP contribution in [0.1, 0.15) is 32.6 Å². The molecule has 1 aromatic heterocycles. The number of nitrogens with zero attached hydrogens (tertiary/aromatic N) is 3. The first-order valence-electron chi connectivity index (χ1n) is 4.24. The normalized spacial score (nSPS) is 13.8. The number of hydrogen-bond acceptors (Lipinski definition) is 3. The summed E-state index contributed by atoms with van der Waals surface area (Å²) in [4.78, 5) is 0. The van der Waals surface area contributed by atoms with E-state index in [0.29, 0.717) is 5.92 Å². The van der Waals surface area contributed by atoms with Crippen molar-refractivity contribution in [2.24, 2.45) is 11.7 Å². The maximum atomic E-state index is 5.71. The summed E-state index contributed by atoms with van der Waals surface area (Å²) >= 11 is 0. The highest BCUT2D eigenvalue weighted by molar-refractivity contribution is 4.91. The molecule has 0 aromatic carbocycles. The van der Waals surface area contributed by atoms with Gasteiger partial charge < -0.3 is 10.3 Å². The summed E-state index contributed by atoms with van der Waals surface area (Å²) in [5.41, 5.74) is 5.71. The summed E-state index contributed by atoms with van der Waals surface area (Å²) < 4.78 is 2.01. The van der Waals surface area contributed by atoms with Gasteiger partial charge in [0.1, 0.15) is 12.2 Å². The van der Waals surface area contributed by atoms with E-state index < -0.39 is 0 Å². The van der Waals surface area contributed by atoms with Gasteiger partial charge in [-0.2, -0.15) is 0 Å². The summed E-state index contributed by atoms with van der Waals surface area (Å²) in [6.07, 6.45) is 1.73. The molecule has 0 aliphatic carbocycles. The van der Waals surface area contributed by atoms with Crippen LogP contribution in [0.2, 0.25) is 0 Å². The van der Waals surface area contributed by atoms with E-state index in [2.05, 4.69) is 24.0 Å². The second-order valence-corrected chi connectivity index (χ2v) is 3.52.